The zero-order valence-corrected chi connectivity index (χ0v) is 9.27. The SMILES string of the molecule is C#CCCCNc1nc2c(C)cccn2n1. The molecule has 16 heavy (non-hydrogen) atoms. The first-order chi connectivity index (χ1) is 7.81. The molecular formula is C12H14N4. The van der Waals surface area contributed by atoms with Gasteiger partial charge in [0.25, 0.3) is 0 Å². The highest BCUT2D eigenvalue weighted by molar-refractivity contribution is 5.49. The molecule has 0 bridgehead atoms. The number of nitrogens with zero attached hydrogens (tertiary/aromatic N) is 3. The van der Waals surface area contributed by atoms with Crippen LogP contribution in [0.2, 0.25) is 0 Å². The predicted octanol–water partition coefficient (Wildman–Crippen LogP) is 1.86. The molecule has 2 heterocycles. The third kappa shape index (κ3) is 2.14. The fourth-order valence-corrected chi connectivity index (χ4v) is 1.51. The number of fused-ring (bicyclic) bond motifs is 1. The monoisotopic (exact) mass is 214 g/mol. The Morgan fingerprint density at radius 2 is 2.44 bits per heavy atom. The molecule has 0 saturated heterocycles. The topological polar surface area (TPSA) is 42.2 Å². The van der Waals surface area contributed by atoms with Crippen molar-refractivity contribution in [2.45, 2.75) is 19.8 Å². The molecule has 0 unspecified atom stereocenters. The number of unbranched alkanes of at least 4 members (excludes halogenated alkanes) is 1. The van der Waals surface area contributed by atoms with E-state index in [9.17, 15) is 0 Å². The minimum atomic E-state index is 0.659. The Bertz CT molecular complexity index is 521. The Hall–Kier alpha value is -2.02. The van der Waals surface area contributed by atoms with E-state index in [4.69, 9.17) is 6.42 Å². The zero-order valence-electron chi connectivity index (χ0n) is 9.27. The Balaban J connectivity index is 2.09. The van der Waals surface area contributed by atoms with Crippen molar-refractivity contribution in [3.8, 4) is 12.3 Å². The lowest BCUT2D eigenvalue weighted by Crippen LogP contribution is -2.02. The van der Waals surface area contributed by atoms with Crippen molar-refractivity contribution in [3.05, 3.63) is 23.9 Å². The normalized spacial score (nSPS) is 10.2. The van der Waals surface area contributed by atoms with E-state index in [1.165, 1.54) is 0 Å². The number of rotatable bonds is 4. The van der Waals surface area contributed by atoms with Crippen LogP contribution in [0.3, 0.4) is 0 Å². The molecule has 0 radical (unpaired) electrons. The number of hydrogen-bond donors (Lipinski definition) is 1. The van der Waals surface area contributed by atoms with E-state index in [1.807, 2.05) is 25.3 Å². The summed E-state index contributed by atoms with van der Waals surface area (Å²) in [5.41, 5.74) is 2.01. The molecule has 0 amide bonds. The van der Waals surface area contributed by atoms with Gasteiger partial charge in [0.15, 0.2) is 5.65 Å². The molecule has 0 saturated carbocycles. The first-order valence-electron chi connectivity index (χ1n) is 5.30. The smallest absolute Gasteiger partial charge is 0.243 e. The predicted molar refractivity (Wildman–Crippen MR) is 64.3 cm³/mol. The number of aromatic nitrogens is 3. The van der Waals surface area contributed by atoms with Gasteiger partial charge in [0.05, 0.1) is 0 Å². The first kappa shape index (κ1) is 10.5. The van der Waals surface area contributed by atoms with Crippen LogP contribution in [0.15, 0.2) is 18.3 Å². The molecule has 2 aromatic rings. The van der Waals surface area contributed by atoms with Gasteiger partial charge in [0.2, 0.25) is 5.95 Å². The summed E-state index contributed by atoms with van der Waals surface area (Å²) in [5, 5.41) is 7.47. The summed E-state index contributed by atoms with van der Waals surface area (Å²) < 4.78 is 1.78. The van der Waals surface area contributed by atoms with Crippen LogP contribution in [0.1, 0.15) is 18.4 Å². The van der Waals surface area contributed by atoms with Crippen LogP contribution in [0, 0.1) is 19.3 Å². The highest BCUT2D eigenvalue weighted by atomic mass is 15.3. The van der Waals surface area contributed by atoms with Gasteiger partial charge < -0.3 is 5.32 Å². The minimum absolute atomic E-state index is 0.659. The lowest BCUT2D eigenvalue weighted by molar-refractivity contribution is 0.883. The van der Waals surface area contributed by atoms with Gasteiger partial charge in [-0.05, 0) is 25.0 Å². The van der Waals surface area contributed by atoms with Gasteiger partial charge in [-0.15, -0.1) is 17.4 Å². The number of terminal acetylenes is 1. The van der Waals surface area contributed by atoms with Gasteiger partial charge >= 0.3 is 0 Å². The Kier molecular flexibility index (Phi) is 3.06. The fourth-order valence-electron chi connectivity index (χ4n) is 1.51. The van der Waals surface area contributed by atoms with Crippen molar-refractivity contribution in [1.82, 2.24) is 14.6 Å². The maximum atomic E-state index is 5.18. The third-order valence-electron chi connectivity index (χ3n) is 2.34. The Morgan fingerprint density at radius 3 is 3.19 bits per heavy atom. The molecule has 0 atom stereocenters. The van der Waals surface area contributed by atoms with Crippen molar-refractivity contribution in [2.24, 2.45) is 0 Å². The molecule has 0 aliphatic carbocycles. The second kappa shape index (κ2) is 4.67. The molecule has 4 heteroatoms. The average Bonchev–Trinajstić information content (AvgIpc) is 2.69. The number of pyridine rings is 1. The number of anilines is 1. The molecule has 4 nitrogen and oxygen atoms in total. The van der Waals surface area contributed by atoms with Crippen LogP contribution in [-0.4, -0.2) is 21.1 Å². The summed E-state index contributed by atoms with van der Waals surface area (Å²) in [6.45, 7) is 2.83. The van der Waals surface area contributed by atoms with E-state index in [0.29, 0.717) is 5.95 Å². The molecule has 0 aromatic carbocycles. The number of hydrogen-bond acceptors (Lipinski definition) is 3. The Morgan fingerprint density at radius 1 is 1.56 bits per heavy atom. The molecule has 1 N–H and O–H groups in total. The molecule has 0 aliphatic rings. The van der Waals surface area contributed by atoms with Gasteiger partial charge in [-0.1, -0.05) is 6.07 Å². The van der Waals surface area contributed by atoms with E-state index in [1.54, 1.807) is 4.52 Å². The summed E-state index contributed by atoms with van der Waals surface area (Å²) >= 11 is 0. The van der Waals surface area contributed by atoms with Crippen LogP contribution in [0.5, 0.6) is 0 Å². The fraction of sp³-hybridized carbons (Fsp3) is 0.333. The zero-order chi connectivity index (χ0) is 11.4. The summed E-state index contributed by atoms with van der Waals surface area (Å²) in [7, 11) is 0. The molecule has 2 rings (SSSR count). The van der Waals surface area contributed by atoms with E-state index in [-0.39, 0.29) is 0 Å². The average molecular weight is 214 g/mol. The number of aryl methyl sites for hydroxylation is 1. The van der Waals surface area contributed by atoms with Gasteiger partial charge in [0.1, 0.15) is 0 Å². The van der Waals surface area contributed by atoms with E-state index in [0.717, 1.165) is 30.6 Å². The summed E-state index contributed by atoms with van der Waals surface area (Å²) in [6.07, 6.45) is 8.78. The maximum absolute atomic E-state index is 5.18. The Labute approximate surface area is 94.7 Å². The van der Waals surface area contributed by atoms with E-state index >= 15 is 0 Å². The second-order valence-corrected chi connectivity index (χ2v) is 3.63. The maximum Gasteiger partial charge on any atom is 0.243 e. The first-order valence-corrected chi connectivity index (χ1v) is 5.30. The van der Waals surface area contributed by atoms with Crippen LogP contribution < -0.4 is 5.32 Å². The molecule has 82 valence electrons. The van der Waals surface area contributed by atoms with Crippen molar-refractivity contribution in [2.75, 3.05) is 11.9 Å². The molecular weight excluding hydrogens is 200 g/mol. The van der Waals surface area contributed by atoms with Crippen LogP contribution in [0.25, 0.3) is 5.65 Å². The standard InChI is InChI=1S/C12H14N4/c1-3-4-5-8-13-12-14-11-10(2)7-6-9-16(11)15-12/h1,6-7,9H,4-5,8H2,2H3,(H,13,15). The minimum Gasteiger partial charge on any atom is -0.353 e. The second-order valence-electron chi connectivity index (χ2n) is 3.63. The molecule has 0 fully saturated rings. The molecule has 2 aromatic heterocycles. The number of nitrogens with one attached hydrogen (secondary N) is 1. The van der Waals surface area contributed by atoms with Crippen molar-refractivity contribution >= 4 is 11.6 Å². The summed E-state index contributed by atoms with van der Waals surface area (Å²) in [6, 6.07) is 3.98. The van der Waals surface area contributed by atoms with E-state index < -0.39 is 0 Å². The third-order valence-corrected chi connectivity index (χ3v) is 2.34. The highest BCUT2D eigenvalue weighted by Crippen LogP contribution is 2.09. The van der Waals surface area contributed by atoms with E-state index in [2.05, 4.69) is 21.3 Å². The van der Waals surface area contributed by atoms with Gasteiger partial charge in [0, 0.05) is 19.2 Å². The quantitative estimate of drug-likeness (QED) is 0.624. The lowest BCUT2D eigenvalue weighted by atomic mass is 10.3. The lowest BCUT2D eigenvalue weighted by Gasteiger charge is -1.97. The van der Waals surface area contributed by atoms with Gasteiger partial charge in [-0.25, -0.2) is 4.52 Å². The summed E-state index contributed by atoms with van der Waals surface area (Å²) in [5.74, 6) is 3.26. The van der Waals surface area contributed by atoms with Crippen LogP contribution in [0.4, 0.5) is 5.95 Å². The van der Waals surface area contributed by atoms with Crippen molar-refractivity contribution in [3.63, 3.8) is 0 Å². The summed E-state index contributed by atoms with van der Waals surface area (Å²) in [4.78, 5) is 4.40. The van der Waals surface area contributed by atoms with Crippen LogP contribution >= 0.6 is 0 Å². The van der Waals surface area contributed by atoms with Crippen LogP contribution in [-0.2, 0) is 0 Å². The molecule has 0 spiro atoms. The molecule has 0 aliphatic heterocycles. The van der Waals surface area contributed by atoms with Crippen molar-refractivity contribution < 1.29 is 0 Å². The van der Waals surface area contributed by atoms with Gasteiger partial charge in [-0.3, -0.25) is 0 Å². The highest BCUT2D eigenvalue weighted by Gasteiger charge is 2.03. The van der Waals surface area contributed by atoms with Gasteiger partial charge in [-0.2, -0.15) is 4.98 Å². The largest absolute Gasteiger partial charge is 0.353 e. The van der Waals surface area contributed by atoms with Crippen molar-refractivity contribution in [1.29, 1.82) is 0 Å².